The number of nitrogens with zero attached hydrogens (tertiary/aromatic N) is 3. The van der Waals surface area contributed by atoms with Crippen LogP contribution >= 0.6 is 27.5 Å². The summed E-state index contributed by atoms with van der Waals surface area (Å²) in [5.41, 5.74) is 2.15. The first kappa shape index (κ1) is 12.3. The first-order valence-corrected chi connectivity index (χ1v) is 7.60. The Balaban J connectivity index is 2.12. The molecule has 0 atom stereocenters. The number of imidazole rings is 1. The fraction of sp³-hybridized carbons (Fsp3) is 0.462. The number of benzene rings is 1. The van der Waals surface area contributed by atoms with Crippen molar-refractivity contribution in [2.24, 2.45) is 0 Å². The SMILES string of the molecule is ClCc1nc2cc(Br)ccc2n1N1CCCCC1. The molecule has 1 aliphatic rings. The van der Waals surface area contributed by atoms with Gasteiger partial charge in [0.1, 0.15) is 5.82 Å². The van der Waals surface area contributed by atoms with E-state index in [0.717, 1.165) is 34.4 Å². The molecule has 3 rings (SSSR count). The third-order valence-electron chi connectivity index (χ3n) is 3.39. The zero-order valence-corrected chi connectivity index (χ0v) is 12.4. The molecule has 1 aliphatic heterocycles. The molecular weight excluding hydrogens is 314 g/mol. The lowest BCUT2D eigenvalue weighted by Gasteiger charge is -2.31. The highest BCUT2D eigenvalue weighted by atomic mass is 79.9. The average Bonchev–Trinajstić information content (AvgIpc) is 2.77. The molecule has 0 saturated carbocycles. The molecule has 0 bridgehead atoms. The molecule has 2 heterocycles. The van der Waals surface area contributed by atoms with E-state index in [9.17, 15) is 0 Å². The number of hydrogen-bond acceptors (Lipinski definition) is 2. The number of piperidine rings is 1. The third-order valence-corrected chi connectivity index (χ3v) is 4.13. The van der Waals surface area contributed by atoms with E-state index < -0.39 is 0 Å². The van der Waals surface area contributed by atoms with Gasteiger partial charge in [-0.25, -0.2) is 9.66 Å². The van der Waals surface area contributed by atoms with Crippen molar-refractivity contribution in [3.63, 3.8) is 0 Å². The second-order valence-electron chi connectivity index (χ2n) is 4.62. The minimum Gasteiger partial charge on any atom is -0.311 e. The highest BCUT2D eigenvalue weighted by Gasteiger charge is 2.17. The quantitative estimate of drug-likeness (QED) is 0.785. The molecule has 2 aromatic rings. The summed E-state index contributed by atoms with van der Waals surface area (Å²) >= 11 is 9.53. The predicted octanol–water partition coefficient (Wildman–Crippen LogP) is 3.66. The van der Waals surface area contributed by atoms with Gasteiger partial charge >= 0.3 is 0 Å². The average molecular weight is 329 g/mol. The summed E-state index contributed by atoms with van der Waals surface area (Å²) in [6.45, 7) is 2.18. The van der Waals surface area contributed by atoms with E-state index in [1.807, 2.05) is 6.07 Å². The van der Waals surface area contributed by atoms with E-state index in [0.29, 0.717) is 5.88 Å². The highest BCUT2D eigenvalue weighted by molar-refractivity contribution is 9.10. The molecule has 0 radical (unpaired) electrons. The van der Waals surface area contributed by atoms with Crippen LogP contribution in [-0.2, 0) is 5.88 Å². The molecule has 1 aromatic carbocycles. The third kappa shape index (κ3) is 2.12. The fourth-order valence-corrected chi connectivity index (χ4v) is 3.09. The van der Waals surface area contributed by atoms with Crippen LogP contribution in [0.1, 0.15) is 25.1 Å². The van der Waals surface area contributed by atoms with E-state index in [4.69, 9.17) is 11.6 Å². The monoisotopic (exact) mass is 327 g/mol. The van der Waals surface area contributed by atoms with E-state index in [1.54, 1.807) is 0 Å². The molecule has 1 fully saturated rings. The van der Waals surface area contributed by atoms with Crippen LogP contribution in [0.2, 0.25) is 0 Å². The Morgan fingerprint density at radius 3 is 2.72 bits per heavy atom. The van der Waals surface area contributed by atoms with Crippen LogP contribution < -0.4 is 5.01 Å². The summed E-state index contributed by atoms with van der Waals surface area (Å²) in [6.07, 6.45) is 3.82. The zero-order chi connectivity index (χ0) is 12.5. The van der Waals surface area contributed by atoms with Gasteiger partial charge in [0.05, 0.1) is 16.9 Å². The number of alkyl halides is 1. The van der Waals surface area contributed by atoms with Crippen LogP contribution in [0.5, 0.6) is 0 Å². The van der Waals surface area contributed by atoms with E-state index in [1.165, 1.54) is 19.3 Å². The number of hydrogen-bond donors (Lipinski definition) is 0. The van der Waals surface area contributed by atoms with Crippen LogP contribution in [-0.4, -0.2) is 22.7 Å². The van der Waals surface area contributed by atoms with Gasteiger partial charge in [0.25, 0.3) is 0 Å². The van der Waals surface area contributed by atoms with Crippen molar-refractivity contribution in [3.05, 3.63) is 28.5 Å². The van der Waals surface area contributed by atoms with Gasteiger partial charge < -0.3 is 5.01 Å². The molecule has 0 unspecified atom stereocenters. The second kappa shape index (κ2) is 5.10. The molecule has 1 saturated heterocycles. The van der Waals surface area contributed by atoms with Gasteiger partial charge in [-0.2, -0.15) is 0 Å². The van der Waals surface area contributed by atoms with Crippen molar-refractivity contribution < 1.29 is 0 Å². The minimum absolute atomic E-state index is 0.447. The summed E-state index contributed by atoms with van der Waals surface area (Å²) in [5.74, 6) is 1.38. The summed E-state index contributed by atoms with van der Waals surface area (Å²) in [5, 5.41) is 2.37. The van der Waals surface area contributed by atoms with Gasteiger partial charge in [-0.1, -0.05) is 15.9 Å². The number of aromatic nitrogens is 2. The maximum atomic E-state index is 6.04. The van der Waals surface area contributed by atoms with Crippen molar-refractivity contribution in [2.45, 2.75) is 25.1 Å². The van der Waals surface area contributed by atoms with Crippen molar-refractivity contribution in [1.29, 1.82) is 0 Å². The summed E-state index contributed by atoms with van der Waals surface area (Å²) in [4.78, 5) is 4.63. The largest absolute Gasteiger partial charge is 0.311 e. The van der Waals surface area contributed by atoms with Crippen LogP contribution in [0.4, 0.5) is 0 Å². The van der Waals surface area contributed by atoms with Crippen LogP contribution in [0.15, 0.2) is 22.7 Å². The summed E-state index contributed by atoms with van der Waals surface area (Å²) in [7, 11) is 0. The normalized spacial score (nSPS) is 16.4. The van der Waals surface area contributed by atoms with Crippen molar-refractivity contribution in [2.75, 3.05) is 18.1 Å². The summed E-state index contributed by atoms with van der Waals surface area (Å²) < 4.78 is 3.26. The Morgan fingerprint density at radius 2 is 2.00 bits per heavy atom. The zero-order valence-electron chi connectivity index (χ0n) is 10.1. The lowest BCUT2D eigenvalue weighted by atomic mass is 10.2. The lowest BCUT2D eigenvalue weighted by molar-refractivity contribution is 0.478. The Labute approximate surface area is 120 Å². The van der Waals surface area contributed by atoms with Gasteiger partial charge in [-0.05, 0) is 37.5 Å². The number of fused-ring (bicyclic) bond motifs is 1. The molecule has 96 valence electrons. The fourth-order valence-electron chi connectivity index (χ4n) is 2.57. The predicted molar refractivity (Wildman–Crippen MR) is 78.8 cm³/mol. The summed E-state index contributed by atoms with van der Waals surface area (Å²) in [6, 6.07) is 6.21. The molecule has 5 heteroatoms. The van der Waals surface area contributed by atoms with Gasteiger partial charge in [0.15, 0.2) is 0 Å². The van der Waals surface area contributed by atoms with E-state index >= 15 is 0 Å². The highest BCUT2D eigenvalue weighted by Crippen LogP contribution is 2.23. The topological polar surface area (TPSA) is 21.1 Å². The maximum absolute atomic E-state index is 6.04. The second-order valence-corrected chi connectivity index (χ2v) is 5.80. The van der Waals surface area contributed by atoms with Gasteiger partial charge in [0, 0.05) is 17.6 Å². The Bertz CT molecular complexity index is 561. The Hall–Kier alpha value is -0.740. The van der Waals surface area contributed by atoms with Crippen molar-refractivity contribution in [3.8, 4) is 0 Å². The Morgan fingerprint density at radius 1 is 1.22 bits per heavy atom. The number of halogens is 2. The maximum Gasteiger partial charge on any atom is 0.143 e. The van der Waals surface area contributed by atoms with Crippen LogP contribution in [0, 0.1) is 0 Å². The van der Waals surface area contributed by atoms with Crippen LogP contribution in [0.25, 0.3) is 11.0 Å². The Kier molecular flexibility index (Phi) is 3.48. The molecule has 0 aliphatic carbocycles. The van der Waals surface area contributed by atoms with Gasteiger partial charge in [-0.3, -0.25) is 0 Å². The van der Waals surface area contributed by atoms with E-state index in [2.05, 4.69) is 42.7 Å². The van der Waals surface area contributed by atoms with E-state index in [-0.39, 0.29) is 0 Å². The first-order valence-electron chi connectivity index (χ1n) is 6.27. The molecule has 0 spiro atoms. The van der Waals surface area contributed by atoms with Crippen molar-refractivity contribution in [1.82, 2.24) is 9.66 Å². The molecule has 1 aromatic heterocycles. The molecule has 3 nitrogen and oxygen atoms in total. The molecular formula is C13H15BrClN3. The standard InChI is InChI=1S/C13H15BrClN3/c14-10-4-5-12-11(8-10)16-13(9-15)18(12)17-6-2-1-3-7-17/h4-5,8H,1-3,6-7,9H2. The minimum atomic E-state index is 0.447. The van der Waals surface area contributed by atoms with Crippen molar-refractivity contribution >= 4 is 38.6 Å². The van der Waals surface area contributed by atoms with Crippen LogP contribution in [0.3, 0.4) is 0 Å². The number of rotatable bonds is 2. The molecule has 0 N–H and O–H groups in total. The van der Waals surface area contributed by atoms with Gasteiger partial charge in [-0.15, -0.1) is 11.6 Å². The van der Waals surface area contributed by atoms with Gasteiger partial charge in [0.2, 0.25) is 0 Å². The first-order chi connectivity index (χ1) is 8.79. The lowest BCUT2D eigenvalue weighted by Crippen LogP contribution is -2.39. The smallest absolute Gasteiger partial charge is 0.143 e. The molecule has 18 heavy (non-hydrogen) atoms. The molecule has 0 amide bonds.